The van der Waals surface area contributed by atoms with Gasteiger partial charge in [-0.25, -0.2) is 0 Å². The summed E-state index contributed by atoms with van der Waals surface area (Å²) in [6.07, 6.45) is 6.29. The number of fused-ring (bicyclic) bond motifs is 1. The van der Waals surface area contributed by atoms with Crippen LogP contribution in [0, 0.1) is 0 Å². The van der Waals surface area contributed by atoms with E-state index < -0.39 is 11.8 Å². The van der Waals surface area contributed by atoms with Crippen LogP contribution in [-0.4, -0.2) is 28.2 Å². The van der Waals surface area contributed by atoms with Crippen LogP contribution >= 0.6 is 0 Å². The smallest absolute Gasteiger partial charge is 0.276 e. The van der Waals surface area contributed by atoms with Gasteiger partial charge in [0, 0.05) is 24.9 Å². The van der Waals surface area contributed by atoms with E-state index in [1.807, 2.05) is 36.4 Å². The van der Waals surface area contributed by atoms with Gasteiger partial charge in [-0.2, -0.15) is 5.10 Å². The van der Waals surface area contributed by atoms with E-state index in [0.717, 1.165) is 16.3 Å². The highest BCUT2D eigenvalue weighted by Gasteiger charge is 2.04. The molecule has 0 unspecified atom stereocenters. The molecule has 0 aliphatic rings. The number of aromatic nitrogens is 2. The van der Waals surface area contributed by atoms with Crippen LogP contribution in [0.5, 0.6) is 5.75 Å². The number of hydrogen-bond acceptors (Lipinski definition) is 4. The van der Waals surface area contributed by atoms with Crippen molar-refractivity contribution in [3.05, 3.63) is 66.5 Å². The number of nitrogens with one attached hydrogen (secondary N) is 2. The van der Waals surface area contributed by atoms with Crippen LogP contribution in [0.1, 0.15) is 5.56 Å². The lowest BCUT2D eigenvalue weighted by Crippen LogP contribution is -2.43. The maximum atomic E-state index is 11.8. The first kappa shape index (κ1) is 17.2. The van der Waals surface area contributed by atoms with E-state index in [1.165, 1.54) is 6.08 Å². The van der Waals surface area contributed by atoms with E-state index >= 15 is 0 Å². The Bertz CT molecular complexity index is 962. The molecule has 0 atom stereocenters. The summed E-state index contributed by atoms with van der Waals surface area (Å²) in [5, 5.41) is 6.11. The van der Waals surface area contributed by atoms with Crippen molar-refractivity contribution < 1.29 is 14.3 Å². The number of amides is 2. The van der Waals surface area contributed by atoms with Crippen molar-refractivity contribution in [3.8, 4) is 5.75 Å². The van der Waals surface area contributed by atoms with E-state index in [4.69, 9.17) is 4.74 Å². The third-order valence-corrected chi connectivity index (χ3v) is 3.57. The Morgan fingerprint density at radius 1 is 1.15 bits per heavy atom. The molecule has 3 aromatic rings. The van der Waals surface area contributed by atoms with Gasteiger partial charge in [-0.15, -0.1) is 0 Å². The van der Waals surface area contributed by atoms with Gasteiger partial charge in [-0.3, -0.25) is 25.1 Å². The average Bonchev–Trinajstić information content (AvgIpc) is 3.08. The summed E-state index contributed by atoms with van der Waals surface area (Å²) in [6.45, 7) is -0.203. The highest BCUT2D eigenvalue weighted by molar-refractivity contribution is 5.93. The summed E-state index contributed by atoms with van der Waals surface area (Å²) in [4.78, 5) is 23.4. The zero-order valence-electron chi connectivity index (χ0n) is 14.2. The number of carbonyl (C=O) groups is 2. The summed E-state index contributed by atoms with van der Waals surface area (Å²) in [7, 11) is 1.78. The van der Waals surface area contributed by atoms with E-state index in [-0.39, 0.29) is 6.61 Å². The molecule has 0 aliphatic carbocycles. The van der Waals surface area contributed by atoms with Crippen LogP contribution in [0.25, 0.3) is 16.8 Å². The van der Waals surface area contributed by atoms with Gasteiger partial charge in [-0.05, 0) is 29.0 Å². The monoisotopic (exact) mass is 350 g/mol. The summed E-state index contributed by atoms with van der Waals surface area (Å²) < 4.78 is 7.08. The molecule has 3 rings (SSSR count). The van der Waals surface area contributed by atoms with Crippen LogP contribution < -0.4 is 15.6 Å². The minimum absolute atomic E-state index is 0.203. The number of aryl methyl sites for hydroxylation is 1. The Hall–Kier alpha value is -3.61. The lowest BCUT2D eigenvalue weighted by molar-refractivity contribution is -0.128. The Kier molecular flexibility index (Phi) is 5.28. The maximum Gasteiger partial charge on any atom is 0.276 e. The fourth-order valence-electron chi connectivity index (χ4n) is 2.31. The Balaban J connectivity index is 1.44. The second-order valence-corrected chi connectivity index (χ2v) is 5.62. The zero-order chi connectivity index (χ0) is 18.4. The van der Waals surface area contributed by atoms with Gasteiger partial charge in [0.2, 0.25) is 0 Å². The van der Waals surface area contributed by atoms with Crippen molar-refractivity contribution in [2.24, 2.45) is 7.05 Å². The summed E-state index contributed by atoms with van der Waals surface area (Å²) in [6, 6.07) is 13.4. The first-order chi connectivity index (χ1) is 12.6. The summed E-state index contributed by atoms with van der Waals surface area (Å²) >= 11 is 0. The molecule has 26 heavy (non-hydrogen) atoms. The van der Waals surface area contributed by atoms with Gasteiger partial charge in [0.05, 0.1) is 6.20 Å². The lowest BCUT2D eigenvalue weighted by Gasteiger charge is -2.08. The molecule has 7 nitrogen and oxygen atoms in total. The molecular formula is C19H18N4O3. The van der Waals surface area contributed by atoms with E-state index in [2.05, 4.69) is 16.0 Å². The predicted molar refractivity (Wildman–Crippen MR) is 98.0 cm³/mol. The van der Waals surface area contributed by atoms with E-state index in [1.54, 1.807) is 36.3 Å². The second-order valence-electron chi connectivity index (χ2n) is 5.62. The van der Waals surface area contributed by atoms with Crippen molar-refractivity contribution in [2.75, 3.05) is 6.61 Å². The topological polar surface area (TPSA) is 85.2 Å². The molecule has 0 radical (unpaired) electrons. The van der Waals surface area contributed by atoms with E-state index in [9.17, 15) is 9.59 Å². The standard InChI is InChI=1S/C19H18N4O3/c1-23-12-14(11-20-23)6-9-18(24)21-22-19(25)13-26-17-8-7-15-4-2-3-5-16(15)10-17/h2-12H,13H2,1H3,(H,21,24)(H,22,25)/b9-6+. The molecule has 132 valence electrons. The second kappa shape index (κ2) is 7.98. The molecule has 0 bridgehead atoms. The highest BCUT2D eigenvalue weighted by Crippen LogP contribution is 2.20. The van der Waals surface area contributed by atoms with Crippen molar-refractivity contribution in [2.45, 2.75) is 0 Å². The predicted octanol–water partition coefficient (Wildman–Crippen LogP) is 1.81. The lowest BCUT2D eigenvalue weighted by atomic mass is 10.1. The normalized spacial score (nSPS) is 10.8. The van der Waals surface area contributed by atoms with Gasteiger partial charge < -0.3 is 4.74 Å². The zero-order valence-corrected chi connectivity index (χ0v) is 14.2. The number of nitrogens with zero attached hydrogens (tertiary/aromatic N) is 2. The Morgan fingerprint density at radius 3 is 2.73 bits per heavy atom. The minimum Gasteiger partial charge on any atom is -0.484 e. The van der Waals surface area contributed by atoms with Gasteiger partial charge in [0.25, 0.3) is 11.8 Å². The molecule has 0 spiro atoms. The average molecular weight is 350 g/mol. The fraction of sp³-hybridized carbons (Fsp3) is 0.105. The number of rotatable bonds is 5. The van der Waals surface area contributed by atoms with E-state index in [0.29, 0.717) is 5.75 Å². The summed E-state index contributed by atoms with van der Waals surface area (Å²) in [5.41, 5.74) is 5.37. The Morgan fingerprint density at radius 2 is 1.96 bits per heavy atom. The number of ether oxygens (including phenoxy) is 1. The molecule has 0 saturated carbocycles. The Labute approximate surface area is 150 Å². The highest BCUT2D eigenvalue weighted by atomic mass is 16.5. The van der Waals surface area contributed by atoms with Crippen molar-refractivity contribution in [3.63, 3.8) is 0 Å². The number of hydrazine groups is 1. The molecule has 7 heteroatoms. The van der Waals surface area contributed by atoms with Gasteiger partial charge in [-0.1, -0.05) is 30.3 Å². The molecule has 1 aromatic heterocycles. The first-order valence-electron chi connectivity index (χ1n) is 7.97. The van der Waals surface area contributed by atoms with Crippen molar-refractivity contribution in [1.29, 1.82) is 0 Å². The maximum absolute atomic E-state index is 11.8. The molecule has 2 N–H and O–H groups in total. The molecule has 1 heterocycles. The molecule has 2 amide bonds. The third kappa shape index (κ3) is 4.70. The largest absolute Gasteiger partial charge is 0.484 e. The fourth-order valence-corrected chi connectivity index (χ4v) is 2.31. The van der Waals surface area contributed by atoms with Crippen molar-refractivity contribution >= 4 is 28.7 Å². The van der Waals surface area contributed by atoms with Gasteiger partial charge in [0.1, 0.15) is 5.75 Å². The molecule has 0 fully saturated rings. The number of benzene rings is 2. The molecule has 2 aromatic carbocycles. The third-order valence-electron chi connectivity index (χ3n) is 3.57. The molecule has 0 aliphatic heterocycles. The molecular weight excluding hydrogens is 332 g/mol. The molecule has 0 saturated heterocycles. The van der Waals surface area contributed by atoms with Crippen LogP contribution in [0.4, 0.5) is 0 Å². The van der Waals surface area contributed by atoms with Crippen molar-refractivity contribution in [1.82, 2.24) is 20.6 Å². The van der Waals surface area contributed by atoms with Crippen LogP contribution in [-0.2, 0) is 16.6 Å². The minimum atomic E-state index is -0.457. The van der Waals surface area contributed by atoms with Gasteiger partial charge >= 0.3 is 0 Å². The van der Waals surface area contributed by atoms with Crippen LogP contribution in [0.3, 0.4) is 0 Å². The van der Waals surface area contributed by atoms with Crippen LogP contribution in [0.2, 0.25) is 0 Å². The number of carbonyl (C=O) groups excluding carboxylic acids is 2. The quantitative estimate of drug-likeness (QED) is 0.543. The van der Waals surface area contributed by atoms with Gasteiger partial charge in [0.15, 0.2) is 6.61 Å². The SMILES string of the molecule is Cn1cc(/C=C/C(=O)NNC(=O)COc2ccc3ccccc3c2)cn1. The summed E-state index contributed by atoms with van der Waals surface area (Å²) in [5.74, 6) is -0.323. The first-order valence-corrected chi connectivity index (χ1v) is 7.97. The number of hydrogen-bond donors (Lipinski definition) is 2. The van der Waals surface area contributed by atoms with Crippen LogP contribution in [0.15, 0.2) is 60.9 Å².